The van der Waals surface area contributed by atoms with Crippen molar-refractivity contribution in [3.8, 4) is 0 Å². The number of anilines is 1. The quantitative estimate of drug-likeness (QED) is 0.428. The van der Waals surface area contributed by atoms with Gasteiger partial charge >= 0.3 is 5.97 Å². The van der Waals surface area contributed by atoms with E-state index in [-0.39, 0.29) is 10.7 Å². The molecule has 1 aromatic rings. The van der Waals surface area contributed by atoms with Crippen LogP contribution in [-0.2, 0) is 4.79 Å². The number of hydrazone groups is 1. The SMILES string of the molecule is O=C(O)C(=NNc1ccccc1)C(Cl)C=C(Cl)CO. The van der Waals surface area contributed by atoms with Gasteiger partial charge in [-0.05, 0) is 18.2 Å². The average Bonchev–Trinajstić information content (AvgIpc) is 2.39. The summed E-state index contributed by atoms with van der Waals surface area (Å²) in [4.78, 5) is 11.0. The van der Waals surface area contributed by atoms with Crippen LogP contribution in [-0.4, -0.2) is 33.9 Å². The van der Waals surface area contributed by atoms with Crippen LogP contribution in [0.5, 0.6) is 0 Å². The van der Waals surface area contributed by atoms with E-state index in [1.165, 1.54) is 6.08 Å². The molecule has 0 fully saturated rings. The minimum absolute atomic E-state index is 0.0497. The first-order valence-electron chi connectivity index (χ1n) is 5.27. The molecule has 7 heteroatoms. The molecule has 0 saturated heterocycles. The lowest BCUT2D eigenvalue weighted by Gasteiger charge is -2.06. The Morgan fingerprint density at radius 2 is 2.05 bits per heavy atom. The van der Waals surface area contributed by atoms with Gasteiger partial charge in [0.05, 0.1) is 12.3 Å². The molecule has 3 N–H and O–H groups in total. The number of rotatable bonds is 6. The summed E-state index contributed by atoms with van der Waals surface area (Å²) in [5, 5.41) is 20.5. The number of halogens is 2. The number of carboxylic acids is 1. The zero-order chi connectivity index (χ0) is 14.3. The Morgan fingerprint density at radius 3 is 2.58 bits per heavy atom. The monoisotopic (exact) mass is 302 g/mol. The van der Waals surface area contributed by atoms with E-state index in [0.29, 0.717) is 5.69 Å². The number of benzene rings is 1. The molecule has 102 valence electrons. The van der Waals surface area contributed by atoms with Crippen molar-refractivity contribution in [3.63, 3.8) is 0 Å². The number of aliphatic hydroxyl groups is 1. The molecule has 0 radical (unpaired) electrons. The number of carbonyl (C=O) groups is 1. The highest BCUT2D eigenvalue weighted by Crippen LogP contribution is 2.11. The van der Waals surface area contributed by atoms with Crippen LogP contribution >= 0.6 is 23.2 Å². The molecule has 0 saturated carbocycles. The third kappa shape index (κ3) is 5.30. The average molecular weight is 303 g/mol. The molecule has 0 aromatic heterocycles. The summed E-state index contributed by atoms with van der Waals surface area (Å²) < 4.78 is 0. The lowest BCUT2D eigenvalue weighted by Crippen LogP contribution is -2.24. The Bertz CT molecular complexity index is 489. The number of nitrogens with zero attached hydrogens (tertiary/aromatic N) is 1. The number of aliphatic hydroxyl groups excluding tert-OH is 1. The third-order valence-electron chi connectivity index (χ3n) is 2.04. The van der Waals surface area contributed by atoms with E-state index in [0.717, 1.165) is 0 Å². The summed E-state index contributed by atoms with van der Waals surface area (Å²) >= 11 is 11.4. The highest BCUT2D eigenvalue weighted by atomic mass is 35.5. The first kappa shape index (κ1) is 15.5. The van der Waals surface area contributed by atoms with Crippen molar-refractivity contribution < 1.29 is 15.0 Å². The second kappa shape index (κ2) is 7.78. The fraction of sp³-hybridized carbons (Fsp3) is 0.167. The highest BCUT2D eigenvalue weighted by molar-refractivity contribution is 6.50. The molecule has 1 atom stereocenters. The molecule has 1 aromatic carbocycles. The fourth-order valence-electron chi connectivity index (χ4n) is 1.16. The number of allylic oxidation sites excluding steroid dienone is 1. The van der Waals surface area contributed by atoms with E-state index in [2.05, 4.69) is 10.5 Å². The van der Waals surface area contributed by atoms with E-state index in [4.69, 9.17) is 33.4 Å². The molecule has 0 heterocycles. The van der Waals surface area contributed by atoms with Gasteiger partial charge in [0, 0.05) is 5.03 Å². The molecule has 0 aliphatic heterocycles. The number of carboxylic acid groups (broad SMARTS) is 1. The Kier molecular flexibility index (Phi) is 6.35. The predicted molar refractivity (Wildman–Crippen MR) is 75.8 cm³/mol. The van der Waals surface area contributed by atoms with Crippen LogP contribution in [0, 0.1) is 0 Å². The maximum absolute atomic E-state index is 11.0. The first-order valence-corrected chi connectivity index (χ1v) is 6.09. The molecule has 1 rings (SSSR count). The number of aliphatic carboxylic acids is 1. The van der Waals surface area contributed by atoms with Crippen molar-refractivity contribution in [1.29, 1.82) is 0 Å². The summed E-state index contributed by atoms with van der Waals surface area (Å²) in [6, 6.07) is 8.82. The van der Waals surface area contributed by atoms with Crippen LogP contribution in [0.2, 0.25) is 0 Å². The maximum atomic E-state index is 11.0. The smallest absolute Gasteiger partial charge is 0.353 e. The standard InChI is InChI=1S/C12H12Cl2N2O3/c13-8(7-17)6-10(14)11(12(18)19)16-15-9-4-2-1-3-5-9/h1-6,10,15,17H,7H2,(H,18,19). The van der Waals surface area contributed by atoms with Crippen LogP contribution in [0.15, 0.2) is 46.5 Å². The van der Waals surface area contributed by atoms with Crippen molar-refractivity contribution >= 4 is 40.6 Å². The van der Waals surface area contributed by atoms with Crippen LogP contribution < -0.4 is 5.43 Å². The number of hydrogen-bond donors (Lipinski definition) is 3. The van der Waals surface area contributed by atoms with Gasteiger partial charge in [-0.15, -0.1) is 11.6 Å². The summed E-state index contributed by atoms with van der Waals surface area (Å²) in [7, 11) is 0. The van der Waals surface area contributed by atoms with Crippen molar-refractivity contribution in [3.05, 3.63) is 41.4 Å². The van der Waals surface area contributed by atoms with Gasteiger partial charge in [-0.25, -0.2) is 4.79 Å². The van der Waals surface area contributed by atoms with E-state index < -0.39 is 18.0 Å². The van der Waals surface area contributed by atoms with Gasteiger partial charge in [0.1, 0.15) is 5.38 Å². The van der Waals surface area contributed by atoms with Gasteiger partial charge in [0.15, 0.2) is 5.71 Å². The molecular weight excluding hydrogens is 291 g/mol. The molecule has 1 unspecified atom stereocenters. The second-order valence-corrected chi connectivity index (χ2v) is 4.41. The molecule has 19 heavy (non-hydrogen) atoms. The lowest BCUT2D eigenvalue weighted by atomic mass is 10.2. The van der Waals surface area contributed by atoms with Gasteiger partial charge in [-0.2, -0.15) is 5.10 Å². The second-order valence-electron chi connectivity index (χ2n) is 3.45. The van der Waals surface area contributed by atoms with Gasteiger partial charge in [0.25, 0.3) is 0 Å². The minimum Gasteiger partial charge on any atom is -0.477 e. The van der Waals surface area contributed by atoms with Gasteiger partial charge < -0.3 is 10.2 Å². The number of alkyl halides is 1. The fourth-order valence-corrected chi connectivity index (χ4v) is 1.64. The zero-order valence-electron chi connectivity index (χ0n) is 9.75. The Morgan fingerprint density at radius 1 is 1.42 bits per heavy atom. The Hall–Kier alpha value is -1.56. The van der Waals surface area contributed by atoms with Crippen LogP contribution in [0.1, 0.15) is 0 Å². The van der Waals surface area contributed by atoms with E-state index in [1.54, 1.807) is 24.3 Å². The van der Waals surface area contributed by atoms with Crippen molar-refractivity contribution in [1.82, 2.24) is 0 Å². The summed E-state index contributed by atoms with van der Waals surface area (Å²) in [6.07, 6.45) is 1.21. The highest BCUT2D eigenvalue weighted by Gasteiger charge is 2.19. The van der Waals surface area contributed by atoms with Crippen molar-refractivity contribution in [2.45, 2.75) is 5.38 Å². The zero-order valence-corrected chi connectivity index (χ0v) is 11.3. The number of nitrogens with one attached hydrogen (secondary N) is 1. The minimum atomic E-state index is -1.28. The first-order chi connectivity index (χ1) is 9.04. The van der Waals surface area contributed by atoms with Crippen LogP contribution in [0.4, 0.5) is 5.69 Å². The molecule has 0 aliphatic rings. The Labute approximate surface area is 120 Å². The summed E-state index contributed by atoms with van der Waals surface area (Å²) in [6.45, 7) is -0.413. The van der Waals surface area contributed by atoms with Crippen molar-refractivity contribution in [2.75, 3.05) is 12.0 Å². The maximum Gasteiger partial charge on any atom is 0.353 e. The Balaban J connectivity index is 2.86. The molecule has 0 spiro atoms. The number of hydrogen-bond acceptors (Lipinski definition) is 4. The molecule has 0 bridgehead atoms. The normalized spacial score (nSPS) is 14.1. The lowest BCUT2D eigenvalue weighted by molar-refractivity contribution is -0.129. The van der Waals surface area contributed by atoms with Crippen LogP contribution in [0.3, 0.4) is 0 Å². The van der Waals surface area contributed by atoms with E-state index >= 15 is 0 Å². The third-order valence-corrected chi connectivity index (χ3v) is 2.62. The van der Waals surface area contributed by atoms with E-state index in [9.17, 15) is 4.79 Å². The molecule has 0 aliphatic carbocycles. The van der Waals surface area contributed by atoms with Gasteiger partial charge in [-0.3, -0.25) is 5.43 Å². The molecule has 5 nitrogen and oxygen atoms in total. The summed E-state index contributed by atoms with van der Waals surface area (Å²) in [5.41, 5.74) is 2.89. The predicted octanol–water partition coefficient (Wildman–Crippen LogP) is 2.26. The largest absolute Gasteiger partial charge is 0.477 e. The molecular formula is C12H12Cl2N2O3. The number of para-hydroxylation sites is 1. The van der Waals surface area contributed by atoms with Crippen LogP contribution in [0.25, 0.3) is 0 Å². The van der Waals surface area contributed by atoms with E-state index in [1.807, 2.05) is 6.07 Å². The topological polar surface area (TPSA) is 81.9 Å². The van der Waals surface area contributed by atoms with Gasteiger partial charge in [-0.1, -0.05) is 29.8 Å². The van der Waals surface area contributed by atoms with Gasteiger partial charge in [0.2, 0.25) is 0 Å². The summed E-state index contributed by atoms with van der Waals surface area (Å²) in [5.74, 6) is -1.28. The van der Waals surface area contributed by atoms with Crippen molar-refractivity contribution in [2.24, 2.45) is 5.10 Å². The molecule has 0 amide bonds.